The van der Waals surface area contributed by atoms with Gasteiger partial charge in [-0.3, -0.25) is 4.79 Å². The second-order valence-corrected chi connectivity index (χ2v) is 9.15. The van der Waals surface area contributed by atoms with Crippen LogP contribution in [0.5, 0.6) is 0 Å². The van der Waals surface area contributed by atoms with Crippen LogP contribution in [-0.4, -0.2) is 57.3 Å². The molecule has 6 nitrogen and oxygen atoms in total. The van der Waals surface area contributed by atoms with Gasteiger partial charge in [0, 0.05) is 23.5 Å². The number of hydrogen-bond acceptors (Lipinski definition) is 5. The first-order valence-electron chi connectivity index (χ1n) is 7.73. The first-order chi connectivity index (χ1) is 11.1. The van der Waals surface area contributed by atoms with E-state index in [1.165, 1.54) is 23.9 Å². The molecule has 1 N–H and O–H groups in total. The highest BCUT2D eigenvalue weighted by molar-refractivity contribution is 7.98. The Kier molecular flexibility index (Phi) is 5.95. The summed E-state index contributed by atoms with van der Waals surface area (Å²) >= 11 is 1.43. The van der Waals surface area contributed by atoms with Gasteiger partial charge in [-0.1, -0.05) is 0 Å². The van der Waals surface area contributed by atoms with Crippen LogP contribution in [0, 0.1) is 0 Å². The molecule has 2 rings (SSSR count). The Balaban J connectivity index is 2.39. The lowest BCUT2D eigenvalue weighted by Crippen LogP contribution is -2.41. The molecule has 0 aliphatic carbocycles. The van der Waals surface area contributed by atoms with E-state index in [0.29, 0.717) is 31.9 Å². The van der Waals surface area contributed by atoms with Crippen molar-refractivity contribution < 1.29 is 17.9 Å². The van der Waals surface area contributed by atoms with E-state index in [2.05, 4.69) is 4.72 Å². The van der Waals surface area contributed by atoms with Gasteiger partial charge in [0.05, 0.1) is 23.7 Å². The zero-order valence-corrected chi connectivity index (χ0v) is 16.1. The number of carbonyl (C=O) groups is 1. The molecular weight excluding hydrogens is 348 g/mol. The standard InChI is InChI=1S/C16H24N2O4S2/c1-16(2,3)17-24(20,21)12-5-6-14(23-4)13(11-12)15(19)18-7-9-22-10-8-18/h5-6,11,17H,7-10H2,1-4H3. The molecule has 1 heterocycles. The summed E-state index contributed by atoms with van der Waals surface area (Å²) in [5, 5.41) is 0. The molecule has 0 bridgehead atoms. The first kappa shape index (κ1) is 19.2. The van der Waals surface area contributed by atoms with Crippen molar-refractivity contribution in [2.24, 2.45) is 0 Å². The lowest BCUT2D eigenvalue weighted by atomic mass is 10.1. The van der Waals surface area contributed by atoms with Crippen LogP contribution in [0.25, 0.3) is 0 Å². The van der Waals surface area contributed by atoms with Gasteiger partial charge in [0.15, 0.2) is 0 Å². The van der Waals surface area contributed by atoms with Crippen LogP contribution in [0.3, 0.4) is 0 Å². The quantitative estimate of drug-likeness (QED) is 0.818. The highest BCUT2D eigenvalue weighted by Gasteiger charge is 2.26. The fourth-order valence-corrected chi connectivity index (χ4v) is 4.43. The van der Waals surface area contributed by atoms with Gasteiger partial charge >= 0.3 is 0 Å². The third kappa shape index (κ3) is 4.72. The van der Waals surface area contributed by atoms with Crippen LogP contribution in [0.15, 0.2) is 28.0 Å². The van der Waals surface area contributed by atoms with Crippen LogP contribution in [0.1, 0.15) is 31.1 Å². The lowest BCUT2D eigenvalue weighted by molar-refractivity contribution is 0.0300. The Morgan fingerprint density at radius 1 is 1.25 bits per heavy atom. The molecule has 1 aliphatic rings. The maximum Gasteiger partial charge on any atom is 0.255 e. The van der Waals surface area contributed by atoms with Crippen molar-refractivity contribution in [2.45, 2.75) is 36.1 Å². The maximum absolute atomic E-state index is 12.8. The number of rotatable bonds is 4. The number of morpholine rings is 1. The van der Waals surface area contributed by atoms with E-state index in [9.17, 15) is 13.2 Å². The van der Waals surface area contributed by atoms with Crippen molar-refractivity contribution in [3.05, 3.63) is 23.8 Å². The molecule has 1 aliphatic heterocycles. The van der Waals surface area contributed by atoms with Gasteiger partial charge in [-0.05, 0) is 45.2 Å². The van der Waals surface area contributed by atoms with E-state index < -0.39 is 15.6 Å². The number of nitrogens with one attached hydrogen (secondary N) is 1. The van der Waals surface area contributed by atoms with Crippen molar-refractivity contribution in [1.82, 2.24) is 9.62 Å². The van der Waals surface area contributed by atoms with Gasteiger partial charge in [0.2, 0.25) is 10.0 Å². The second-order valence-electron chi connectivity index (χ2n) is 6.62. The average molecular weight is 373 g/mol. The summed E-state index contributed by atoms with van der Waals surface area (Å²) in [7, 11) is -3.68. The molecule has 1 aromatic carbocycles. The molecule has 0 aromatic heterocycles. The van der Waals surface area contributed by atoms with E-state index >= 15 is 0 Å². The summed E-state index contributed by atoms with van der Waals surface area (Å²) in [5.74, 6) is -0.157. The zero-order chi connectivity index (χ0) is 18.0. The average Bonchev–Trinajstić information content (AvgIpc) is 2.52. The molecule has 0 radical (unpaired) electrons. The molecule has 24 heavy (non-hydrogen) atoms. The number of nitrogens with zero attached hydrogens (tertiary/aromatic N) is 1. The van der Waals surface area contributed by atoms with Gasteiger partial charge < -0.3 is 9.64 Å². The minimum absolute atomic E-state index is 0.104. The van der Waals surface area contributed by atoms with Crippen LogP contribution in [-0.2, 0) is 14.8 Å². The highest BCUT2D eigenvalue weighted by atomic mass is 32.2. The SMILES string of the molecule is CSc1ccc(S(=O)(=O)NC(C)(C)C)cc1C(=O)N1CCOCC1. The number of thioether (sulfide) groups is 1. The molecule has 1 saturated heterocycles. The molecule has 1 amide bonds. The van der Waals surface area contributed by atoms with Gasteiger partial charge in [-0.15, -0.1) is 11.8 Å². The Morgan fingerprint density at radius 2 is 1.88 bits per heavy atom. The summed E-state index contributed by atoms with van der Waals surface area (Å²) in [4.78, 5) is 15.4. The molecule has 1 fully saturated rings. The minimum Gasteiger partial charge on any atom is -0.378 e. The smallest absolute Gasteiger partial charge is 0.255 e. The fourth-order valence-electron chi connectivity index (χ4n) is 2.42. The normalized spacial score (nSPS) is 16.2. The van der Waals surface area contributed by atoms with Gasteiger partial charge in [0.1, 0.15) is 0 Å². The van der Waals surface area contributed by atoms with Crippen molar-refractivity contribution in [3.8, 4) is 0 Å². The van der Waals surface area contributed by atoms with E-state index in [0.717, 1.165) is 4.90 Å². The van der Waals surface area contributed by atoms with Crippen LogP contribution >= 0.6 is 11.8 Å². The monoisotopic (exact) mass is 372 g/mol. The van der Waals surface area contributed by atoms with Gasteiger partial charge in [-0.25, -0.2) is 13.1 Å². The van der Waals surface area contributed by atoms with Crippen molar-refractivity contribution in [2.75, 3.05) is 32.6 Å². The Morgan fingerprint density at radius 3 is 2.42 bits per heavy atom. The summed E-state index contributed by atoms with van der Waals surface area (Å²) in [6.45, 7) is 7.38. The van der Waals surface area contributed by atoms with E-state index in [1.54, 1.807) is 31.7 Å². The van der Waals surface area contributed by atoms with E-state index in [1.807, 2.05) is 6.26 Å². The number of ether oxygens (including phenoxy) is 1. The third-order valence-electron chi connectivity index (χ3n) is 3.45. The molecule has 0 unspecified atom stereocenters. The van der Waals surface area contributed by atoms with E-state index in [-0.39, 0.29) is 10.8 Å². The predicted octanol–water partition coefficient (Wildman–Crippen LogP) is 1.96. The van der Waals surface area contributed by atoms with Crippen molar-refractivity contribution in [1.29, 1.82) is 0 Å². The summed E-state index contributed by atoms with van der Waals surface area (Å²) in [6.07, 6.45) is 1.87. The zero-order valence-electron chi connectivity index (χ0n) is 14.5. The molecular formula is C16H24N2O4S2. The second kappa shape index (κ2) is 7.43. The van der Waals surface area contributed by atoms with Gasteiger partial charge in [0.25, 0.3) is 5.91 Å². The number of hydrogen-bond donors (Lipinski definition) is 1. The maximum atomic E-state index is 12.8. The fraction of sp³-hybridized carbons (Fsp3) is 0.562. The van der Waals surface area contributed by atoms with Crippen LogP contribution < -0.4 is 4.72 Å². The molecule has 0 atom stereocenters. The number of amides is 1. The topological polar surface area (TPSA) is 75.7 Å². The molecule has 134 valence electrons. The van der Waals surface area contributed by atoms with Crippen LogP contribution in [0.4, 0.5) is 0 Å². The predicted molar refractivity (Wildman–Crippen MR) is 95.0 cm³/mol. The molecule has 8 heteroatoms. The number of benzene rings is 1. The first-order valence-corrected chi connectivity index (χ1v) is 10.4. The third-order valence-corrected chi connectivity index (χ3v) is 6.00. The summed E-state index contributed by atoms with van der Waals surface area (Å²) in [5.41, 5.74) is -0.174. The van der Waals surface area contributed by atoms with Crippen molar-refractivity contribution >= 4 is 27.7 Å². The highest BCUT2D eigenvalue weighted by Crippen LogP contribution is 2.26. The summed E-state index contributed by atoms with van der Waals surface area (Å²) < 4.78 is 33.0. The Bertz CT molecular complexity index is 705. The lowest BCUT2D eigenvalue weighted by Gasteiger charge is -2.27. The molecule has 0 spiro atoms. The van der Waals surface area contributed by atoms with Crippen molar-refractivity contribution in [3.63, 3.8) is 0 Å². The molecule has 0 saturated carbocycles. The minimum atomic E-state index is -3.68. The van der Waals surface area contributed by atoms with Gasteiger partial charge in [-0.2, -0.15) is 0 Å². The largest absolute Gasteiger partial charge is 0.378 e. The Labute approximate surface area is 148 Å². The Hall–Kier alpha value is -1.09. The number of carbonyl (C=O) groups excluding carboxylic acids is 1. The number of sulfonamides is 1. The summed E-state index contributed by atoms with van der Waals surface area (Å²) in [6, 6.07) is 4.70. The van der Waals surface area contributed by atoms with E-state index in [4.69, 9.17) is 4.74 Å². The molecule has 1 aromatic rings. The van der Waals surface area contributed by atoms with Crippen LogP contribution in [0.2, 0.25) is 0 Å².